The van der Waals surface area contributed by atoms with Gasteiger partial charge in [-0.25, -0.2) is 4.68 Å². The number of hydrogen-bond donors (Lipinski definition) is 1. The molecule has 2 aromatic rings. The molecule has 0 spiro atoms. The van der Waals surface area contributed by atoms with Crippen LogP contribution >= 0.6 is 27.5 Å². The second-order valence-electron chi connectivity index (χ2n) is 5.44. The van der Waals surface area contributed by atoms with Crippen molar-refractivity contribution in [1.82, 2.24) is 9.78 Å². The van der Waals surface area contributed by atoms with Gasteiger partial charge in [0.1, 0.15) is 4.47 Å². The molecule has 21 heavy (non-hydrogen) atoms. The number of halogens is 2. The van der Waals surface area contributed by atoms with Crippen LogP contribution in [0.4, 0.5) is 5.69 Å². The molecule has 110 valence electrons. The van der Waals surface area contributed by atoms with Gasteiger partial charge in [0.25, 0.3) is 5.56 Å². The maximum atomic E-state index is 11.8. The third-order valence-electron chi connectivity index (χ3n) is 4.01. The first-order valence-electron chi connectivity index (χ1n) is 6.74. The van der Waals surface area contributed by atoms with Gasteiger partial charge in [-0.05, 0) is 46.5 Å². The number of hydrogen-bond acceptors (Lipinski definition) is 3. The minimum Gasteiger partial charge on any atom is -0.382 e. The number of aromatic nitrogens is 2. The molecule has 0 unspecified atom stereocenters. The lowest BCUT2D eigenvalue weighted by Crippen LogP contribution is -2.24. The van der Waals surface area contributed by atoms with Gasteiger partial charge in [-0.2, -0.15) is 5.10 Å². The topological polar surface area (TPSA) is 46.9 Å². The van der Waals surface area contributed by atoms with E-state index < -0.39 is 0 Å². The molecule has 0 atom stereocenters. The van der Waals surface area contributed by atoms with E-state index in [1.807, 2.05) is 12.1 Å². The third-order valence-corrected chi connectivity index (χ3v) is 5.02. The molecule has 1 fully saturated rings. The molecule has 1 N–H and O–H groups in total. The molecule has 1 aromatic carbocycles. The van der Waals surface area contributed by atoms with E-state index in [1.165, 1.54) is 10.2 Å². The van der Waals surface area contributed by atoms with E-state index in [1.54, 1.807) is 13.2 Å². The molecule has 1 aromatic heterocycles. The quantitative estimate of drug-likeness (QED) is 0.900. The van der Waals surface area contributed by atoms with Gasteiger partial charge in [0.2, 0.25) is 0 Å². The molecule has 1 heterocycles. The lowest BCUT2D eigenvalue weighted by Gasteiger charge is -2.18. The van der Waals surface area contributed by atoms with E-state index in [-0.39, 0.29) is 11.0 Å². The molecule has 3 rings (SSSR count). The largest absolute Gasteiger partial charge is 0.382 e. The summed E-state index contributed by atoms with van der Waals surface area (Å²) >= 11 is 9.27. The highest BCUT2D eigenvalue weighted by Crippen LogP contribution is 2.48. The van der Waals surface area contributed by atoms with Crippen LogP contribution in [0.2, 0.25) is 5.02 Å². The van der Waals surface area contributed by atoms with Gasteiger partial charge in [0.05, 0.1) is 11.9 Å². The molecule has 0 bridgehead atoms. The Bertz CT molecular complexity index is 723. The summed E-state index contributed by atoms with van der Waals surface area (Å²) in [5.41, 5.74) is 2.02. The van der Waals surface area contributed by atoms with Crippen molar-refractivity contribution in [3.05, 3.63) is 55.9 Å². The molecule has 0 radical (unpaired) electrons. The molecule has 4 nitrogen and oxygen atoms in total. The van der Waals surface area contributed by atoms with E-state index in [2.05, 4.69) is 38.5 Å². The van der Waals surface area contributed by atoms with Gasteiger partial charge in [-0.3, -0.25) is 4.79 Å². The Labute approximate surface area is 136 Å². The standard InChI is InChI=1S/C15H15BrClN3O/c1-20-14(21)13(16)12(8-19-20)18-9-15(6-7-15)10-2-4-11(17)5-3-10/h2-5,8,18H,6-7,9H2,1H3. The number of nitrogens with zero attached hydrogens (tertiary/aromatic N) is 2. The molecular formula is C15H15BrClN3O. The number of aryl methyl sites for hydroxylation is 1. The monoisotopic (exact) mass is 367 g/mol. The van der Waals surface area contributed by atoms with Crippen LogP contribution in [-0.4, -0.2) is 16.3 Å². The van der Waals surface area contributed by atoms with Crippen molar-refractivity contribution >= 4 is 33.2 Å². The Morgan fingerprint density at radius 1 is 1.38 bits per heavy atom. The summed E-state index contributed by atoms with van der Waals surface area (Å²) in [4.78, 5) is 11.8. The van der Waals surface area contributed by atoms with Crippen molar-refractivity contribution in [2.24, 2.45) is 7.05 Å². The number of rotatable bonds is 4. The van der Waals surface area contributed by atoms with E-state index in [4.69, 9.17) is 11.6 Å². The Morgan fingerprint density at radius 2 is 2.05 bits per heavy atom. The number of nitrogens with one attached hydrogen (secondary N) is 1. The van der Waals surface area contributed by atoms with Gasteiger partial charge in [0, 0.05) is 24.0 Å². The molecule has 0 saturated heterocycles. The summed E-state index contributed by atoms with van der Waals surface area (Å²) in [5, 5.41) is 8.13. The van der Waals surface area contributed by atoms with Gasteiger partial charge >= 0.3 is 0 Å². The zero-order valence-electron chi connectivity index (χ0n) is 11.6. The lowest BCUT2D eigenvalue weighted by atomic mass is 9.96. The first-order valence-corrected chi connectivity index (χ1v) is 7.91. The van der Waals surface area contributed by atoms with Crippen molar-refractivity contribution < 1.29 is 0 Å². The van der Waals surface area contributed by atoms with Crippen molar-refractivity contribution in [1.29, 1.82) is 0 Å². The van der Waals surface area contributed by atoms with E-state index in [9.17, 15) is 4.79 Å². The summed E-state index contributed by atoms with van der Waals surface area (Å²) in [6, 6.07) is 8.00. The second kappa shape index (κ2) is 5.46. The first kappa shape index (κ1) is 14.6. The Kier molecular flexibility index (Phi) is 3.80. The molecule has 0 amide bonds. The van der Waals surface area contributed by atoms with Crippen LogP contribution in [0.25, 0.3) is 0 Å². The average molecular weight is 369 g/mol. The lowest BCUT2D eigenvalue weighted by molar-refractivity contribution is 0.696. The molecule has 1 aliphatic rings. The summed E-state index contributed by atoms with van der Waals surface area (Å²) in [6.45, 7) is 0.780. The van der Waals surface area contributed by atoms with Crippen molar-refractivity contribution in [3.63, 3.8) is 0 Å². The normalized spacial score (nSPS) is 15.8. The maximum absolute atomic E-state index is 11.8. The number of benzene rings is 1. The van der Waals surface area contributed by atoms with Crippen LogP contribution in [0.5, 0.6) is 0 Å². The second-order valence-corrected chi connectivity index (χ2v) is 6.67. The predicted octanol–water partition coefficient (Wildman–Crippen LogP) is 3.34. The highest BCUT2D eigenvalue weighted by Gasteiger charge is 2.44. The fraction of sp³-hybridized carbons (Fsp3) is 0.333. The van der Waals surface area contributed by atoms with Crippen LogP contribution in [0.3, 0.4) is 0 Å². The molecule has 1 aliphatic carbocycles. The van der Waals surface area contributed by atoms with Gasteiger partial charge in [-0.15, -0.1) is 0 Å². The third kappa shape index (κ3) is 2.85. The summed E-state index contributed by atoms with van der Waals surface area (Å²) in [7, 11) is 1.63. The zero-order chi connectivity index (χ0) is 15.0. The molecule has 1 saturated carbocycles. The Hall–Kier alpha value is -1.33. The smallest absolute Gasteiger partial charge is 0.282 e. The van der Waals surface area contributed by atoms with Crippen LogP contribution in [0.1, 0.15) is 18.4 Å². The first-order chi connectivity index (χ1) is 10.0. The van der Waals surface area contributed by atoms with E-state index >= 15 is 0 Å². The Balaban J connectivity index is 1.77. The van der Waals surface area contributed by atoms with E-state index in [0.717, 1.165) is 30.1 Å². The van der Waals surface area contributed by atoms with Crippen LogP contribution in [0.15, 0.2) is 39.7 Å². The summed E-state index contributed by atoms with van der Waals surface area (Å²) in [6.07, 6.45) is 3.94. The fourth-order valence-electron chi connectivity index (χ4n) is 2.42. The van der Waals surface area contributed by atoms with Crippen LogP contribution in [0, 0.1) is 0 Å². The summed E-state index contributed by atoms with van der Waals surface area (Å²) in [5.74, 6) is 0. The fourth-order valence-corrected chi connectivity index (χ4v) is 3.05. The minimum atomic E-state index is -0.142. The van der Waals surface area contributed by atoms with Gasteiger partial charge < -0.3 is 5.32 Å². The van der Waals surface area contributed by atoms with Crippen LogP contribution < -0.4 is 10.9 Å². The van der Waals surface area contributed by atoms with Crippen molar-refractivity contribution in [2.75, 3.05) is 11.9 Å². The molecule has 0 aliphatic heterocycles. The van der Waals surface area contributed by atoms with Crippen LogP contribution in [-0.2, 0) is 12.5 Å². The molecular weight excluding hydrogens is 354 g/mol. The predicted molar refractivity (Wildman–Crippen MR) is 88.0 cm³/mol. The Morgan fingerprint density at radius 3 is 2.67 bits per heavy atom. The van der Waals surface area contributed by atoms with E-state index in [0.29, 0.717) is 4.47 Å². The summed E-state index contributed by atoms with van der Waals surface area (Å²) < 4.78 is 1.83. The van der Waals surface area contributed by atoms with Gasteiger partial charge in [-0.1, -0.05) is 23.7 Å². The number of anilines is 1. The zero-order valence-corrected chi connectivity index (χ0v) is 13.9. The average Bonchev–Trinajstić information content (AvgIpc) is 3.26. The van der Waals surface area contributed by atoms with Gasteiger partial charge in [0.15, 0.2) is 0 Å². The highest BCUT2D eigenvalue weighted by atomic mass is 79.9. The SMILES string of the molecule is Cn1ncc(NCC2(c3ccc(Cl)cc3)CC2)c(Br)c1=O. The van der Waals surface area contributed by atoms with Crippen molar-refractivity contribution in [2.45, 2.75) is 18.3 Å². The van der Waals surface area contributed by atoms with Crippen molar-refractivity contribution in [3.8, 4) is 0 Å². The highest BCUT2D eigenvalue weighted by molar-refractivity contribution is 9.10. The minimum absolute atomic E-state index is 0.142. The maximum Gasteiger partial charge on any atom is 0.282 e. The molecule has 6 heteroatoms.